The standard InChI is InChI=1S/C26H39N3O/c1-2-27-15-13-23(14-16-27)28-17-22-18-29(26(30)21-11-7-4-8-12-21)25(24(22)19-28)20-9-5-3-6-10-20/h3,5-6,9-10,21-25H,2,4,7-8,11-19H2,1H3/t22-,24-,25+/m0/s1. The molecule has 1 aliphatic carbocycles. The molecule has 0 spiro atoms. The van der Waals surface area contributed by atoms with E-state index in [4.69, 9.17) is 0 Å². The lowest BCUT2D eigenvalue weighted by Gasteiger charge is -2.38. The zero-order valence-corrected chi connectivity index (χ0v) is 18.7. The first-order valence-corrected chi connectivity index (χ1v) is 12.6. The predicted molar refractivity (Wildman–Crippen MR) is 121 cm³/mol. The van der Waals surface area contributed by atoms with E-state index in [9.17, 15) is 4.79 Å². The molecule has 5 rings (SSSR count). The van der Waals surface area contributed by atoms with Crippen LogP contribution in [0, 0.1) is 17.8 Å². The highest BCUT2D eigenvalue weighted by Crippen LogP contribution is 2.47. The fourth-order valence-corrected chi connectivity index (χ4v) is 6.87. The van der Waals surface area contributed by atoms with Crippen molar-refractivity contribution in [3.63, 3.8) is 0 Å². The predicted octanol–water partition coefficient (Wildman–Crippen LogP) is 4.18. The van der Waals surface area contributed by atoms with Crippen LogP contribution in [0.3, 0.4) is 0 Å². The summed E-state index contributed by atoms with van der Waals surface area (Å²) < 4.78 is 0. The van der Waals surface area contributed by atoms with Gasteiger partial charge in [0.25, 0.3) is 0 Å². The van der Waals surface area contributed by atoms with Crippen LogP contribution in [0.1, 0.15) is 63.5 Å². The fraction of sp³-hybridized carbons (Fsp3) is 0.731. The van der Waals surface area contributed by atoms with Crippen LogP contribution in [0.2, 0.25) is 0 Å². The van der Waals surface area contributed by atoms with Gasteiger partial charge in [0.1, 0.15) is 0 Å². The summed E-state index contributed by atoms with van der Waals surface area (Å²) in [5.41, 5.74) is 1.36. The van der Waals surface area contributed by atoms with Gasteiger partial charge in [0.05, 0.1) is 6.04 Å². The van der Waals surface area contributed by atoms with Crippen molar-refractivity contribution < 1.29 is 4.79 Å². The van der Waals surface area contributed by atoms with Gasteiger partial charge in [-0.15, -0.1) is 0 Å². The molecular weight excluding hydrogens is 370 g/mol. The van der Waals surface area contributed by atoms with E-state index in [1.54, 1.807) is 0 Å². The number of carbonyl (C=O) groups excluding carboxylic acids is 1. The Kier molecular flexibility index (Phi) is 6.15. The molecule has 1 amide bonds. The number of nitrogens with zero attached hydrogens (tertiary/aromatic N) is 3. The Morgan fingerprint density at radius 3 is 2.37 bits per heavy atom. The summed E-state index contributed by atoms with van der Waals surface area (Å²) >= 11 is 0. The molecule has 0 N–H and O–H groups in total. The Morgan fingerprint density at radius 2 is 1.67 bits per heavy atom. The number of fused-ring (bicyclic) bond motifs is 1. The summed E-state index contributed by atoms with van der Waals surface area (Å²) in [4.78, 5) is 21.3. The Balaban J connectivity index is 1.32. The van der Waals surface area contributed by atoms with Crippen molar-refractivity contribution in [3.8, 4) is 0 Å². The monoisotopic (exact) mass is 409 g/mol. The van der Waals surface area contributed by atoms with Crippen molar-refractivity contribution in [3.05, 3.63) is 35.9 Å². The van der Waals surface area contributed by atoms with E-state index in [2.05, 4.69) is 52.0 Å². The van der Waals surface area contributed by atoms with Crippen molar-refractivity contribution in [1.29, 1.82) is 0 Å². The smallest absolute Gasteiger partial charge is 0.226 e. The Labute approximate surface area is 182 Å². The molecule has 0 radical (unpaired) electrons. The summed E-state index contributed by atoms with van der Waals surface area (Å²) in [7, 11) is 0. The normalized spacial score (nSPS) is 31.9. The maximum Gasteiger partial charge on any atom is 0.226 e. The minimum absolute atomic E-state index is 0.276. The molecule has 4 nitrogen and oxygen atoms in total. The second-order valence-electron chi connectivity index (χ2n) is 10.2. The van der Waals surface area contributed by atoms with Gasteiger partial charge >= 0.3 is 0 Å². The molecule has 3 aliphatic heterocycles. The molecule has 4 fully saturated rings. The number of piperidine rings is 1. The minimum Gasteiger partial charge on any atom is -0.335 e. The molecule has 1 aromatic rings. The van der Waals surface area contributed by atoms with Gasteiger partial charge in [-0.1, -0.05) is 56.5 Å². The van der Waals surface area contributed by atoms with Crippen molar-refractivity contribution in [2.75, 3.05) is 39.3 Å². The SMILES string of the molecule is CCN1CCC(N2C[C@H]3CN(C(=O)C4CCCCC4)[C@H](c4ccccc4)[C@H]3C2)CC1. The topological polar surface area (TPSA) is 26.8 Å². The Morgan fingerprint density at radius 1 is 0.933 bits per heavy atom. The van der Waals surface area contributed by atoms with E-state index < -0.39 is 0 Å². The number of hydrogen-bond acceptors (Lipinski definition) is 3. The van der Waals surface area contributed by atoms with Crippen molar-refractivity contribution in [1.82, 2.24) is 14.7 Å². The van der Waals surface area contributed by atoms with Crippen LogP contribution in [0.5, 0.6) is 0 Å². The van der Waals surface area contributed by atoms with Gasteiger partial charge < -0.3 is 9.80 Å². The van der Waals surface area contributed by atoms with E-state index in [0.717, 1.165) is 25.4 Å². The van der Waals surface area contributed by atoms with Gasteiger partial charge in [-0.2, -0.15) is 0 Å². The highest BCUT2D eigenvalue weighted by molar-refractivity contribution is 5.80. The third kappa shape index (κ3) is 3.93. The largest absolute Gasteiger partial charge is 0.335 e. The van der Waals surface area contributed by atoms with Gasteiger partial charge in [0, 0.05) is 37.5 Å². The molecule has 1 aromatic carbocycles. The maximum absolute atomic E-state index is 13.6. The molecule has 3 heterocycles. The lowest BCUT2D eigenvalue weighted by Crippen LogP contribution is -2.45. The lowest BCUT2D eigenvalue weighted by atomic mass is 9.87. The number of benzene rings is 1. The number of rotatable bonds is 4. The van der Waals surface area contributed by atoms with E-state index in [0.29, 0.717) is 17.7 Å². The van der Waals surface area contributed by atoms with Crippen molar-refractivity contribution in [2.45, 2.75) is 64.0 Å². The van der Waals surface area contributed by atoms with E-state index >= 15 is 0 Å². The highest BCUT2D eigenvalue weighted by Gasteiger charge is 2.50. The van der Waals surface area contributed by atoms with Gasteiger partial charge in [-0.05, 0) is 56.8 Å². The van der Waals surface area contributed by atoms with Crippen LogP contribution in [0.25, 0.3) is 0 Å². The van der Waals surface area contributed by atoms with Crippen molar-refractivity contribution >= 4 is 5.91 Å². The summed E-state index contributed by atoms with van der Waals surface area (Å²) in [6.45, 7) is 9.32. The molecule has 0 aromatic heterocycles. The summed E-state index contributed by atoms with van der Waals surface area (Å²) in [6.07, 6.45) is 8.61. The Hall–Kier alpha value is -1.39. The molecule has 1 saturated carbocycles. The quantitative estimate of drug-likeness (QED) is 0.746. The highest BCUT2D eigenvalue weighted by atomic mass is 16.2. The summed E-state index contributed by atoms with van der Waals surface area (Å²) in [5.74, 6) is 1.98. The van der Waals surface area contributed by atoms with E-state index in [-0.39, 0.29) is 12.0 Å². The zero-order valence-electron chi connectivity index (χ0n) is 18.7. The first kappa shape index (κ1) is 20.5. The zero-order chi connectivity index (χ0) is 20.5. The number of likely N-dealkylation sites (tertiary alicyclic amines) is 3. The average molecular weight is 410 g/mol. The van der Waals surface area contributed by atoms with Crippen LogP contribution >= 0.6 is 0 Å². The van der Waals surface area contributed by atoms with Gasteiger partial charge in [0.15, 0.2) is 0 Å². The third-order valence-electron chi connectivity index (χ3n) is 8.59. The first-order valence-electron chi connectivity index (χ1n) is 12.6. The molecule has 30 heavy (non-hydrogen) atoms. The minimum atomic E-state index is 0.276. The molecule has 4 aliphatic rings. The molecular formula is C26H39N3O. The molecule has 3 saturated heterocycles. The average Bonchev–Trinajstić information content (AvgIpc) is 3.38. The lowest BCUT2D eigenvalue weighted by molar-refractivity contribution is -0.138. The number of carbonyl (C=O) groups is 1. The third-order valence-corrected chi connectivity index (χ3v) is 8.59. The molecule has 3 atom stereocenters. The van der Waals surface area contributed by atoms with E-state index in [1.807, 2.05) is 0 Å². The van der Waals surface area contributed by atoms with Crippen LogP contribution in [0.4, 0.5) is 0 Å². The van der Waals surface area contributed by atoms with Gasteiger partial charge in [-0.3, -0.25) is 9.69 Å². The number of hydrogen-bond donors (Lipinski definition) is 0. The first-order chi connectivity index (χ1) is 14.7. The Bertz CT molecular complexity index is 708. The summed E-state index contributed by atoms with van der Waals surface area (Å²) in [5, 5.41) is 0. The molecule has 0 bridgehead atoms. The summed E-state index contributed by atoms with van der Waals surface area (Å²) in [6, 6.07) is 12.0. The van der Waals surface area contributed by atoms with Crippen LogP contribution in [-0.4, -0.2) is 65.9 Å². The van der Waals surface area contributed by atoms with Crippen LogP contribution < -0.4 is 0 Å². The molecule has 164 valence electrons. The van der Waals surface area contributed by atoms with Crippen LogP contribution in [0.15, 0.2) is 30.3 Å². The van der Waals surface area contributed by atoms with Crippen molar-refractivity contribution in [2.24, 2.45) is 17.8 Å². The second-order valence-corrected chi connectivity index (χ2v) is 10.2. The molecule has 0 unspecified atom stereocenters. The fourth-order valence-electron chi connectivity index (χ4n) is 6.87. The van der Waals surface area contributed by atoms with Gasteiger partial charge in [-0.25, -0.2) is 0 Å². The van der Waals surface area contributed by atoms with Crippen LogP contribution in [-0.2, 0) is 4.79 Å². The maximum atomic E-state index is 13.6. The van der Waals surface area contributed by atoms with E-state index in [1.165, 1.54) is 70.4 Å². The second kappa shape index (κ2) is 9.00. The molecule has 4 heteroatoms. The number of amides is 1. The van der Waals surface area contributed by atoms with Gasteiger partial charge in [0.2, 0.25) is 5.91 Å².